The molecule has 0 N–H and O–H groups in total. The van der Waals surface area contributed by atoms with E-state index in [1.165, 1.54) is 7.11 Å². The molecule has 0 saturated carbocycles. The van der Waals surface area contributed by atoms with Crippen LogP contribution in [0.15, 0.2) is 24.3 Å². The van der Waals surface area contributed by atoms with Crippen LogP contribution in [-0.2, 0) is 19.1 Å². The van der Waals surface area contributed by atoms with Crippen molar-refractivity contribution in [2.75, 3.05) is 20.3 Å². The van der Waals surface area contributed by atoms with Crippen LogP contribution in [0.3, 0.4) is 0 Å². The zero-order chi connectivity index (χ0) is 18.4. The molecule has 6 nitrogen and oxygen atoms in total. The number of nitrogens with zero attached hydrogens (tertiary/aromatic N) is 1. The molecule has 1 aliphatic rings. The summed E-state index contributed by atoms with van der Waals surface area (Å²) >= 11 is 5.93. The van der Waals surface area contributed by atoms with Crippen LogP contribution in [0.4, 0.5) is 4.79 Å². The first kappa shape index (κ1) is 19.2. The fourth-order valence-electron chi connectivity index (χ4n) is 3.09. The average molecular weight is 368 g/mol. The first-order chi connectivity index (χ1) is 12.0. The molecule has 136 valence electrons. The van der Waals surface area contributed by atoms with Gasteiger partial charge in [-0.05, 0) is 37.5 Å². The zero-order valence-electron chi connectivity index (χ0n) is 14.4. The summed E-state index contributed by atoms with van der Waals surface area (Å²) in [4.78, 5) is 37.6. The number of piperidine rings is 1. The van der Waals surface area contributed by atoms with E-state index in [4.69, 9.17) is 21.1 Å². The Hall–Kier alpha value is -2.08. The largest absolute Gasteiger partial charge is 0.466 e. The summed E-state index contributed by atoms with van der Waals surface area (Å²) < 4.78 is 9.71. The standard InChI is InChI=1S/C18H22ClNO5/c1-3-25-17(22)11-16(21)13-8-9-20(18(23)24-2)15(10-13)12-4-6-14(19)7-5-12/h4-7,13,15H,3,8-11H2,1-2H3/t13-,15-/m0/s1. The third-order valence-electron chi connectivity index (χ3n) is 4.35. The molecule has 0 aliphatic carbocycles. The van der Waals surface area contributed by atoms with Gasteiger partial charge in [0.25, 0.3) is 0 Å². The summed E-state index contributed by atoms with van der Waals surface area (Å²) in [5.74, 6) is -0.959. The van der Waals surface area contributed by atoms with Crippen LogP contribution in [-0.4, -0.2) is 43.0 Å². The van der Waals surface area contributed by atoms with Crippen LogP contribution in [0.25, 0.3) is 0 Å². The number of benzene rings is 1. The lowest BCUT2D eigenvalue weighted by Crippen LogP contribution is -2.42. The molecule has 1 aromatic carbocycles. The maximum absolute atomic E-state index is 12.4. The Balaban J connectivity index is 2.15. The molecule has 0 bridgehead atoms. The van der Waals surface area contributed by atoms with Gasteiger partial charge < -0.3 is 14.4 Å². The van der Waals surface area contributed by atoms with E-state index < -0.39 is 12.1 Å². The highest BCUT2D eigenvalue weighted by Crippen LogP contribution is 2.36. The minimum atomic E-state index is -0.508. The molecule has 0 radical (unpaired) electrons. The van der Waals surface area contributed by atoms with E-state index in [0.29, 0.717) is 24.4 Å². The molecule has 1 aromatic rings. The van der Waals surface area contributed by atoms with Crippen molar-refractivity contribution in [2.45, 2.75) is 32.2 Å². The molecule has 0 aromatic heterocycles. The Bertz CT molecular complexity index is 631. The van der Waals surface area contributed by atoms with Gasteiger partial charge in [0.2, 0.25) is 0 Å². The molecular formula is C18H22ClNO5. The van der Waals surface area contributed by atoms with E-state index in [9.17, 15) is 14.4 Å². The van der Waals surface area contributed by atoms with Crippen LogP contribution in [0.2, 0.25) is 5.02 Å². The van der Waals surface area contributed by atoms with Gasteiger partial charge in [-0.1, -0.05) is 23.7 Å². The lowest BCUT2D eigenvalue weighted by atomic mass is 9.84. The number of hydrogen-bond acceptors (Lipinski definition) is 5. The molecule has 1 saturated heterocycles. The molecule has 1 amide bonds. The number of carbonyl (C=O) groups excluding carboxylic acids is 3. The first-order valence-electron chi connectivity index (χ1n) is 8.24. The first-order valence-corrected chi connectivity index (χ1v) is 8.62. The van der Waals surface area contributed by atoms with Crippen molar-refractivity contribution in [1.82, 2.24) is 4.90 Å². The molecule has 7 heteroatoms. The fourth-order valence-corrected chi connectivity index (χ4v) is 3.22. The van der Waals surface area contributed by atoms with E-state index in [1.54, 1.807) is 24.0 Å². The molecule has 1 aliphatic heterocycles. The number of ether oxygens (including phenoxy) is 2. The lowest BCUT2D eigenvalue weighted by molar-refractivity contribution is -0.146. The van der Waals surface area contributed by atoms with Gasteiger partial charge in [-0.3, -0.25) is 9.59 Å². The summed E-state index contributed by atoms with van der Waals surface area (Å²) in [5, 5.41) is 0.596. The maximum Gasteiger partial charge on any atom is 0.409 e. The Kier molecular flexibility index (Phi) is 6.82. The molecule has 0 unspecified atom stereocenters. The molecule has 1 fully saturated rings. The highest BCUT2D eigenvalue weighted by molar-refractivity contribution is 6.30. The highest BCUT2D eigenvalue weighted by Gasteiger charge is 2.36. The summed E-state index contributed by atoms with van der Waals surface area (Å²) in [6.45, 7) is 2.34. The second-order valence-corrected chi connectivity index (χ2v) is 6.34. The van der Waals surface area contributed by atoms with Gasteiger partial charge in [-0.25, -0.2) is 4.79 Å². The number of rotatable bonds is 5. The Morgan fingerprint density at radius 1 is 1.24 bits per heavy atom. The summed E-state index contributed by atoms with van der Waals surface area (Å²) in [7, 11) is 1.33. The normalized spacial score (nSPS) is 20.0. The topological polar surface area (TPSA) is 72.9 Å². The number of halogens is 1. The lowest BCUT2D eigenvalue weighted by Gasteiger charge is -2.38. The van der Waals surface area contributed by atoms with Crippen LogP contribution < -0.4 is 0 Å². The van der Waals surface area contributed by atoms with E-state index in [2.05, 4.69) is 0 Å². The monoisotopic (exact) mass is 367 g/mol. The van der Waals surface area contributed by atoms with Crippen molar-refractivity contribution in [1.29, 1.82) is 0 Å². The van der Waals surface area contributed by atoms with Gasteiger partial charge in [-0.2, -0.15) is 0 Å². The highest BCUT2D eigenvalue weighted by atomic mass is 35.5. The Morgan fingerprint density at radius 3 is 2.52 bits per heavy atom. The third-order valence-corrected chi connectivity index (χ3v) is 4.60. The van der Waals surface area contributed by atoms with Crippen LogP contribution in [0.1, 0.15) is 37.8 Å². The number of ketones is 1. The van der Waals surface area contributed by atoms with E-state index >= 15 is 0 Å². The van der Waals surface area contributed by atoms with E-state index in [1.807, 2.05) is 12.1 Å². The maximum atomic E-state index is 12.4. The number of likely N-dealkylation sites (tertiary alicyclic amines) is 1. The molecular weight excluding hydrogens is 346 g/mol. The van der Waals surface area contributed by atoms with Crippen LogP contribution in [0, 0.1) is 5.92 Å². The number of esters is 1. The number of Topliss-reactive ketones (excluding diaryl/α,β-unsaturated/α-hetero) is 1. The SMILES string of the molecule is CCOC(=O)CC(=O)[C@H]1CCN(C(=O)OC)[C@H](c2ccc(Cl)cc2)C1. The second-order valence-electron chi connectivity index (χ2n) is 5.90. The number of carbonyl (C=O) groups is 3. The molecule has 2 atom stereocenters. The fraction of sp³-hybridized carbons (Fsp3) is 0.500. The third kappa shape index (κ3) is 4.95. The minimum Gasteiger partial charge on any atom is -0.466 e. The van der Waals surface area contributed by atoms with Gasteiger partial charge in [-0.15, -0.1) is 0 Å². The zero-order valence-corrected chi connectivity index (χ0v) is 15.1. The minimum absolute atomic E-state index is 0.151. The molecule has 1 heterocycles. The van der Waals surface area contributed by atoms with Crippen molar-refractivity contribution in [3.05, 3.63) is 34.9 Å². The Morgan fingerprint density at radius 2 is 1.92 bits per heavy atom. The molecule has 25 heavy (non-hydrogen) atoms. The van der Waals surface area contributed by atoms with Gasteiger partial charge >= 0.3 is 12.1 Å². The number of hydrogen-bond donors (Lipinski definition) is 0. The number of methoxy groups -OCH3 is 1. The predicted molar refractivity (Wildman–Crippen MR) is 92.3 cm³/mol. The average Bonchev–Trinajstić information content (AvgIpc) is 2.61. The van der Waals surface area contributed by atoms with Crippen molar-refractivity contribution >= 4 is 29.4 Å². The van der Waals surface area contributed by atoms with Crippen LogP contribution >= 0.6 is 11.6 Å². The van der Waals surface area contributed by atoms with Gasteiger partial charge in [0, 0.05) is 17.5 Å². The van der Waals surface area contributed by atoms with Gasteiger partial charge in [0.15, 0.2) is 0 Å². The molecule has 2 rings (SSSR count). The van der Waals surface area contributed by atoms with Crippen molar-refractivity contribution in [3.63, 3.8) is 0 Å². The predicted octanol–water partition coefficient (Wildman–Crippen LogP) is 3.38. The van der Waals surface area contributed by atoms with Gasteiger partial charge in [0.05, 0.1) is 19.8 Å². The Labute approximate surface area is 152 Å². The quantitative estimate of drug-likeness (QED) is 0.589. The van der Waals surface area contributed by atoms with Crippen molar-refractivity contribution in [3.8, 4) is 0 Å². The molecule has 0 spiro atoms. The van der Waals surface area contributed by atoms with E-state index in [0.717, 1.165) is 5.56 Å². The summed E-state index contributed by atoms with van der Waals surface area (Å²) in [6, 6.07) is 6.87. The van der Waals surface area contributed by atoms with Crippen LogP contribution in [0.5, 0.6) is 0 Å². The number of amides is 1. The smallest absolute Gasteiger partial charge is 0.409 e. The summed E-state index contributed by atoms with van der Waals surface area (Å²) in [5.41, 5.74) is 0.878. The van der Waals surface area contributed by atoms with Crippen molar-refractivity contribution in [2.24, 2.45) is 5.92 Å². The van der Waals surface area contributed by atoms with E-state index in [-0.39, 0.29) is 30.8 Å². The summed E-state index contributed by atoms with van der Waals surface area (Å²) in [6.07, 6.45) is 0.271. The van der Waals surface area contributed by atoms with Crippen molar-refractivity contribution < 1.29 is 23.9 Å². The second kappa shape index (κ2) is 8.85. The van der Waals surface area contributed by atoms with Gasteiger partial charge in [0.1, 0.15) is 12.2 Å².